The largest absolute Gasteiger partial charge is 0.382 e. The summed E-state index contributed by atoms with van der Waals surface area (Å²) in [5, 5.41) is 0. The molecule has 3 aliphatic heterocycles. The number of imidazole rings is 2. The average Bonchev–Trinajstić information content (AvgIpc) is 3.73. The first-order valence-electron chi connectivity index (χ1n) is 12.7. The summed E-state index contributed by atoms with van der Waals surface area (Å²) in [6, 6.07) is 0. The van der Waals surface area contributed by atoms with Crippen molar-refractivity contribution in [3.8, 4) is 0 Å². The van der Waals surface area contributed by atoms with Crippen LogP contribution in [0, 0.1) is 0 Å². The number of anilines is 2. The summed E-state index contributed by atoms with van der Waals surface area (Å²) in [6.07, 6.45) is -8.19. The van der Waals surface area contributed by atoms with E-state index in [1.807, 2.05) is 0 Å². The molecule has 24 heteroatoms. The molecule has 7 rings (SSSR count). The summed E-state index contributed by atoms with van der Waals surface area (Å²) in [5.41, 5.74) is 12.3. The van der Waals surface area contributed by atoms with E-state index in [1.54, 1.807) is 0 Å². The lowest BCUT2D eigenvalue weighted by Gasteiger charge is -2.29. The Morgan fingerprint density at radius 3 is 1.84 bits per heavy atom. The number of nitrogen functional groups attached to an aromatic ring is 2. The van der Waals surface area contributed by atoms with Crippen molar-refractivity contribution in [1.82, 2.24) is 39.0 Å². The molecular weight excluding hydrogens is 651 g/mol. The number of fused-ring (bicyclic) bond motifs is 4. The molecule has 0 bridgehead atoms. The van der Waals surface area contributed by atoms with Gasteiger partial charge in [0.2, 0.25) is 7.57 Å². The van der Waals surface area contributed by atoms with Gasteiger partial charge in [-0.05, 0) is 11.8 Å². The normalized spacial score (nSPS) is 38.2. The van der Waals surface area contributed by atoms with Gasteiger partial charge in [-0.1, -0.05) is 0 Å². The Balaban J connectivity index is 1.17. The van der Waals surface area contributed by atoms with Gasteiger partial charge >= 0.3 is 6.72 Å². The summed E-state index contributed by atoms with van der Waals surface area (Å²) in [7, 11) is 1.26. The van der Waals surface area contributed by atoms with Crippen LogP contribution >= 0.6 is 14.2 Å². The average molecular weight is 672 g/mol. The highest BCUT2D eigenvalue weighted by Gasteiger charge is 2.53. The molecule has 3 fully saturated rings. The molecule has 10 atom stereocenters. The SMILES string of the molecule is [B][P@]1(=O)OC[C@H]2O[C@@H](n3cnc4c(N)ncnc43)[C@@H](F)C2OP(O)(=S)OC[C@H]2O[C@@H](n3cnc4c(N)ncnc43)[C@@H](F)C2O1. The second kappa shape index (κ2) is 10.9. The fourth-order valence-electron chi connectivity index (χ4n) is 5.20. The maximum atomic E-state index is 16.0. The first kappa shape index (κ1) is 29.9. The van der Waals surface area contributed by atoms with Gasteiger partial charge in [-0.15, -0.1) is 0 Å². The Labute approximate surface area is 251 Å². The first-order valence-corrected chi connectivity index (χ1v) is 16.9. The number of nitrogens with two attached hydrogens (primary N) is 2. The van der Waals surface area contributed by atoms with Gasteiger partial charge in [0.25, 0.3) is 7.47 Å². The monoisotopic (exact) mass is 672 g/mol. The lowest BCUT2D eigenvalue weighted by Crippen LogP contribution is -2.37. The fraction of sp³-hybridized carbons (Fsp3) is 0.500. The predicted molar refractivity (Wildman–Crippen MR) is 149 cm³/mol. The summed E-state index contributed by atoms with van der Waals surface area (Å²) in [4.78, 5) is 34.9. The predicted octanol–water partition coefficient (Wildman–Crippen LogP) is 0.612. The highest BCUT2D eigenvalue weighted by molar-refractivity contribution is 8.07. The van der Waals surface area contributed by atoms with E-state index in [0.717, 1.165) is 12.7 Å². The van der Waals surface area contributed by atoms with Crippen molar-refractivity contribution in [2.75, 3.05) is 24.7 Å². The third-order valence-electron chi connectivity index (χ3n) is 7.20. The van der Waals surface area contributed by atoms with E-state index < -0.39 is 76.6 Å². The molecule has 0 amide bonds. The van der Waals surface area contributed by atoms with E-state index in [1.165, 1.54) is 21.8 Å². The Morgan fingerprint density at radius 1 is 0.841 bits per heavy atom. The van der Waals surface area contributed by atoms with Gasteiger partial charge in [-0.3, -0.25) is 18.2 Å². The summed E-state index contributed by atoms with van der Waals surface area (Å²) in [6.45, 7) is -5.58. The highest BCUT2D eigenvalue weighted by atomic mass is 32.5. The van der Waals surface area contributed by atoms with Crippen molar-refractivity contribution in [3.63, 3.8) is 0 Å². The molecule has 232 valence electrons. The molecule has 4 aromatic heterocycles. The van der Waals surface area contributed by atoms with Crippen LogP contribution in [-0.4, -0.2) is 101 Å². The zero-order chi connectivity index (χ0) is 31.0. The van der Waals surface area contributed by atoms with Gasteiger partial charge in [0, 0.05) is 0 Å². The number of hydrogen-bond acceptors (Lipinski definition) is 16. The minimum absolute atomic E-state index is 0.0472. The Bertz CT molecular complexity index is 1710. The Morgan fingerprint density at radius 2 is 1.32 bits per heavy atom. The third kappa shape index (κ3) is 5.18. The molecule has 0 saturated carbocycles. The van der Waals surface area contributed by atoms with Crippen molar-refractivity contribution >= 4 is 67.5 Å². The molecule has 3 aliphatic rings. The fourth-order valence-corrected chi connectivity index (χ4v) is 7.64. The minimum Gasteiger partial charge on any atom is -0.382 e. The first-order chi connectivity index (χ1) is 20.9. The molecule has 0 aliphatic carbocycles. The Kier molecular flexibility index (Phi) is 7.43. The second-order valence-electron chi connectivity index (χ2n) is 9.92. The van der Waals surface area contributed by atoms with Gasteiger partial charge in [-0.2, -0.15) is 0 Å². The van der Waals surface area contributed by atoms with Crippen LogP contribution in [0.25, 0.3) is 22.3 Å². The number of rotatable bonds is 2. The Hall–Kier alpha value is -2.78. The second-order valence-corrected chi connectivity index (χ2v) is 14.3. The smallest absolute Gasteiger partial charge is 0.325 e. The molecule has 0 spiro atoms. The van der Waals surface area contributed by atoms with E-state index in [9.17, 15) is 9.46 Å². The molecule has 3 saturated heterocycles. The number of alkyl halides is 2. The maximum Gasteiger partial charge on any atom is 0.325 e. The minimum atomic E-state index is -4.57. The number of hydrogen-bond donors (Lipinski definition) is 3. The van der Waals surface area contributed by atoms with Crippen molar-refractivity contribution in [2.24, 2.45) is 0 Å². The molecule has 0 aromatic carbocycles. The maximum absolute atomic E-state index is 16.0. The number of nitrogens with zero attached hydrogens (tertiary/aromatic N) is 8. The van der Waals surface area contributed by atoms with E-state index >= 15 is 8.78 Å². The molecule has 5 N–H and O–H groups in total. The number of aromatic nitrogens is 8. The van der Waals surface area contributed by atoms with Crippen molar-refractivity contribution < 1.29 is 45.8 Å². The molecule has 2 radical (unpaired) electrons. The van der Waals surface area contributed by atoms with Crippen LogP contribution in [-0.2, 0) is 43.9 Å². The zero-order valence-electron chi connectivity index (χ0n) is 22.0. The highest BCUT2D eigenvalue weighted by Crippen LogP contribution is 2.54. The molecular formula is C20H21BF2N10O8P2S. The van der Waals surface area contributed by atoms with Crippen LogP contribution in [0.4, 0.5) is 20.4 Å². The van der Waals surface area contributed by atoms with E-state index in [0.29, 0.717) is 0 Å². The molecule has 7 heterocycles. The van der Waals surface area contributed by atoms with Crippen LogP contribution in [0.5, 0.6) is 0 Å². The van der Waals surface area contributed by atoms with Gasteiger partial charge in [0.05, 0.1) is 25.9 Å². The molecule has 44 heavy (non-hydrogen) atoms. The number of ether oxygens (including phenoxy) is 2. The van der Waals surface area contributed by atoms with E-state index in [4.69, 9.17) is 58.4 Å². The van der Waals surface area contributed by atoms with Gasteiger partial charge < -0.3 is 39.4 Å². The van der Waals surface area contributed by atoms with Crippen molar-refractivity contribution in [3.05, 3.63) is 25.3 Å². The summed E-state index contributed by atoms with van der Waals surface area (Å²) in [5.74, 6) is 0.0968. The van der Waals surface area contributed by atoms with Gasteiger partial charge in [0.15, 0.2) is 47.7 Å². The van der Waals surface area contributed by atoms with Crippen molar-refractivity contribution in [2.45, 2.75) is 49.2 Å². The topological polar surface area (TPSA) is 232 Å². The lowest BCUT2D eigenvalue weighted by molar-refractivity contribution is -0.0566. The quantitative estimate of drug-likeness (QED) is 0.196. The van der Waals surface area contributed by atoms with E-state index in [-0.39, 0.29) is 34.0 Å². The zero-order valence-corrected chi connectivity index (χ0v) is 24.6. The third-order valence-corrected chi connectivity index (χ3v) is 9.81. The number of halogens is 2. The van der Waals surface area contributed by atoms with Crippen LogP contribution in [0.15, 0.2) is 25.3 Å². The van der Waals surface area contributed by atoms with Crippen LogP contribution in [0.1, 0.15) is 12.5 Å². The standard InChI is InChI=1S/C20H21BF2N10O8P2S/c21-42(34)36-1-7-14(10(23)20(38-7)33-6-31-12-16(25)27-4-29-18(12)33)41-43(35,44)37-2-8-13(40-42)9(22)19(39-8)32-5-30-11-15(24)26-3-28-17(11)32/h3-10,13-14,19-20H,1-2H2,(H,35,44)(H2,24,26,28)(H2,25,27,29)/t7-,8-,9+,10+,13?,14?,19-,20-,42+,43?/m1/s1. The molecule has 18 nitrogen and oxygen atoms in total. The molecule has 4 aromatic rings. The summed E-state index contributed by atoms with van der Waals surface area (Å²) >= 11 is 5.14. The van der Waals surface area contributed by atoms with Crippen molar-refractivity contribution in [1.29, 1.82) is 0 Å². The van der Waals surface area contributed by atoms with E-state index in [2.05, 4.69) is 29.9 Å². The molecule has 3 unspecified atom stereocenters. The van der Waals surface area contributed by atoms with Crippen LogP contribution < -0.4 is 11.5 Å². The van der Waals surface area contributed by atoms with Gasteiger partial charge in [0.1, 0.15) is 48.1 Å². The van der Waals surface area contributed by atoms with Gasteiger partial charge in [-0.25, -0.2) is 38.7 Å². The lowest BCUT2D eigenvalue weighted by atomic mass is 10.1. The van der Waals surface area contributed by atoms with Crippen LogP contribution in [0.3, 0.4) is 0 Å². The summed E-state index contributed by atoms with van der Waals surface area (Å²) < 4.78 is 81.0. The van der Waals surface area contributed by atoms with Crippen LogP contribution in [0.2, 0.25) is 0 Å².